The van der Waals surface area contributed by atoms with Crippen molar-refractivity contribution in [2.75, 3.05) is 60.0 Å². The minimum atomic E-state index is -0.0487. The summed E-state index contributed by atoms with van der Waals surface area (Å²) in [7, 11) is 3.81. The molecule has 0 bridgehead atoms. The number of unbranched alkanes of at least 4 members (excludes halogenated alkanes) is 2. The molecular formula is C15H33N3O2. The maximum Gasteiger partial charge on any atom is 0.245 e. The first-order chi connectivity index (χ1) is 9.72. The van der Waals surface area contributed by atoms with E-state index in [-0.39, 0.29) is 12.5 Å². The van der Waals surface area contributed by atoms with Crippen molar-refractivity contribution in [1.29, 1.82) is 0 Å². The van der Waals surface area contributed by atoms with Crippen LogP contribution in [0.25, 0.3) is 0 Å². The van der Waals surface area contributed by atoms with Gasteiger partial charge >= 0.3 is 0 Å². The Morgan fingerprint density at radius 1 is 1.10 bits per heavy atom. The Morgan fingerprint density at radius 2 is 1.75 bits per heavy atom. The highest BCUT2D eigenvalue weighted by molar-refractivity contribution is 5.76. The van der Waals surface area contributed by atoms with Crippen molar-refractivity contribution in [2.45, 2.75) is 33.1 Å². The Bertz CT molecular complexity index is 229. The predicted molar refractivity (Wildman–Crippen MR) is 84.0 cm³/mol. The van der Waals surface area contributed by atoms with Crippen LogP contribution in [0.15, 0.2) is 0 Å². The van der Waals surface area contributed by atoms with Crippen LogP contribution in [0.5, 0.6) is 0 Å². The standard InChI is InChI=1S/C13H27N3O2.C2H6/c1-14-13(17)12-18-11-5-3-4-6-16-9-7-15(2)8-10-16;1-2/h3-12H2,1-2H3,(H,14,17);1-2H3. The molecule has 1 aliphatic rings. The number of nitrogens with zero attached hydrogens (tertiary/aromatic N) is 2. The summed E-state index contributed by atoms with van der Waals surface area (Å²) in [4.78, 5) is 15.8. The summed E-state index contributed by atoms with van der Waals surface area (Å²) >= 11 is 0. The molecule has 5 nitrogen and oxygen atoms in total. The number of amides is 1. The van der Waals surface area contributed by atoms with Crippen molar-refractivity contribution in [2.24, 2.45) is 0 Å². The largest absolute Gasteiger partial charge is 0.372 e. The fraction of sp³-hybridized carbons (Fsp3) is 0.933. The smallest absolute Gasteiger partial charge is 0.245 e. The molecule has 1 fully saturated rings. The van der Waals surface area contributed by atoms with E-state index >= 15 is 0 Å². The number of nitrogens with one attached hydrogen (secondary N) is 1. The highest BCUT2D eigenvalue weighted by Gasteiger charge is 2.12. The molecule has 5 heteroatoms. The van der Waals surface area contributed by atoms with Gasteiger partial charge in [0.15, 0.2) is 0 Å². The van der Waals surface area contributed by atoms with Gasteiger partial charge in [-0.15, -0.1) is 0 Å². The monoisotopic (exact) mass is 287 g/mol. The molecule has 0 atom stereocenters. The number of carbonyl (C=O) groups excluding carboxylic acids is 1. The third-order valence-electron chi connectivity index (χ3n) is 3.37. The molecule has 1 rings (SSSR count). The van der Waals surface area contributed by atoms with Gasteiger partial charge < -0.3 is 19.9 Å². The van der Waals surface area contributed by atoms with E-state index in [1.165, 1.54) is 45.6 Å². The summed E-state index contributed by atoms with van der Waals surface area (Å²) in [6, 6.07) is 0. The zero-order chi connectivity index (χ0) is 15.2. The second kappa shape index (κ2) is 13.3. The molecule has 0 radical (unpaired) electrons. The lowest BCUT2D eigenvalue weighted by molar-refractivity contribution is -0.125. The lowest BCUT2D eigenvalue weighted by Gasteiger charge is -2.32. The first-order valence-corrected chi connectivity index (χ1v) is 7.91. The van der Waals surface area contributed by atoms with Crippen LogP contribution in [0.4, 0.5) is 0 Å². The van der Waals surface area contributed by atoms with Crippen molar-refractivity contribution in [1.82, 2.24) is 15.1 Å². The van der Waals surface area contributed by atoms with Gasteiger partial charge in [0.25, 0.3) is 0 Å². The van der Waals surface area contributed by atoms with Crippen LogP contribution in [-0.2, 0) is 9.53 Å². The molecule has 0 aromatic carbocycles. The molecule has 0 unspecified atom stereocenters. The minimum Gasteiger partial charge on any atom is -0.372 e. The van der Waals surface area contributed by atoms with Gasteiger partial charge in [-0.2, -0.15) is 0 Å². The number of rotatable bonds is 8. The van der Waals surface area contributed by atoms with Gasteiger partial charge in [0.05, 0.1) is 0 Å². The zero-order valence-corrected chi connectivity index (χ0v) is 13.8. The van der Waals surface area contributed by atoms with E-state index in [1.54, 1.807) is 7.05 Å². The average molecular weight is 287 g/mol. The Labute approximate surface area is 124 Å². The Kier molecular flexibility index (Phi) is 12.9. The molecule has 1 aliphatic heterocycles. The van der Waals surface area contributed by atoms with Gasteiger partial charge in [-0.05, 0) is 32.9 Å². The van der Waals surface area contributed by atoms with Gasteiger partial charge in [0, 0.05) is 39.8 Å². The van der Waals surface area contributed by atoms with Gasteiger partial charge in [-0.1, -0.05) is 13.8 Å². The van der Waals surface area contributed by atoms with Crippen molar-refractivity contribution in [3.05, 3.63) is 0 Å². The maximum atomic E-state index is 10.9. The molecule has 120 valence electrons. The van der Waals surface area contributed by atoms with E-state index in [1.807, 2.05) is 13.8 Å². The zero-order valence-electron chi connectivity index (χ0n) is 13.8. The predicted octanol–water partition coefficient (Wildman–Crippen LogP) is 1.19. The molecule has 0 aromatic heterocycles. The molecule has 1 amide bonds. The van der Waals surface area contributed by atoms with Crippen LogP contribution >= 0.6 is 0 Å². The molecule has 20 heavy (non-hydrogen) atoms. The molecule has 1 N–H and O–H groups in total. The fourth-order valence-corrected chi connectivity index (χ4v) is 2.02. The van der Waals surface area contributed by atoms with Crippen LogP contribution in [0.2, 0.25) is 0 Å². The third kappa shape index (κ3) is 10.2. The fourth-order valence-electron chi connectivity index (χ4n) is 2.02. The summed E-state index contributed by atoms with van der Waals surface area (Å²) in [5.41, 5.74) is 0. The van der Waals surface area contributed by atoms with Crippen LogP contribution in [0.3, 0.4) is 0 Å². The number of hydrogen-bond donors (Lipinski definition) is 1. The quantitative estimate of drug-likeness (QED) is 0.681. The molecule has 1 saturated heterocycles. The number of likely N-dealkylation sites (N-methyl/N-ethyl adjacent to an activating group) is 2. The summed E-state index contributed by atoms with van der Waals surface area (Å²) < 4.78 is 5.26. The van der Waals surface area contributed by atoms with E-state index in [4.69, 9.17) is 4.74 Å². The number of ether oxygens (including phenoxy) is 1. The highest BCUT2D eigenvalue weighted by atomic mass is 16.5. The normalized spacial score (nSPS) is 16.4. The number of hydrogen-bond acceptors (Lipinski definition) is 4. The molecule has 1 heterocycles. The molecule has 0 aromatic rings. The first-order valence-electron chi connectivity index (χ1n) is 7.91. The van der Waals surface area contributed by atoms with E-state index in [0.717, 1.165) is 6.42 Å². The second-order valence-corrected chi connectivity index (χ2v) is 4.93. The molecule has 0 aliphatic carbocycles. The van der Waals surface area contributed by atoms with Crippen LogP contribution < -0.4 is 5.32 Å². The Hall–Kier alpha value is -0.650. The number of piperazine rings is 1. The highest BCUT2D eigenvalue weighted by Crippen LogP contribution is 2.03. The van der Waals surface area contributed by atoms with Gasteiger partial charge in [-0.3, -0.25) is 4.79 Å². The van der Waals surface area contributed by atoms with Gasteiger partial charge in [0.2, 0.25) is 5.91 Å². The van der Waals surface area contributed by atoms with Gasteiger partial charge in [-0.25, -0.2) is 0 Å². The molecular weight excluding hydrogens is 254 g/mol. The van der Waals surface area contributed by atoms with Gasteiger partial charge in [0.1, 0.15) is 6.61 Å². The average Bonchev–Trinajstić information content (AvgIpc) is 2.50. The van der Waals surface area contributed by atoms with Crippen molar-refractivity contribution >= 4 is 5.91 Å². The van der Waals surface area contributed by atoms with Crippen LogP contribution in [0, 0.1) is 0 Å². The van der Waals surface area contributed by atoms with E-state index in [9.17, 15) is 4.79 Å². The van der Waals surface area contributed by atoms with E-state index in [2.05, 4.69) is 22.2 Å². The minimum absolute atomic E-state index is 0.0487. The first kappa shape index (κ1) is 19.4. The van der Waals surface area contributed by atoms with Crippen LogP contribution in [0.1, 0.15) is 33.1 Å². The summed E-state index contributed by atoms with van der Waals surface area (Å²) in [5.74, 6) is -0.0487. The van der Waals surface area contributed by atoms with Crippen molar-refractivity contribution in [3.8, 4) is 0 Å². The number of carbonyl (C=O) groups is 1. The summed E-state index contributed by atoms with van der Waals surface area (Å²) in [6.45, 7) is 10.9. The lowest BCUT2D eigenvalue weighted by Crippen LogP contribution is -2.44. The Morgan fingerprint density at radius 3 is 2.35 bits per heavy atom. The van der Waals surface area contributed by atoms with E-state index < -0.39 is 0 Å². The van der Waals surface area contributed by atoms with Crippen LogP contribution in [-0.4, -0.2) is 75.7 Å². The summed E-state index contributed by atoms with van der Waals surface area (Å²) in [6.07, 6.45) is 3.46. The Balaban J connectivity index is 0.00000172. The maximum absolute atomic E-state index is 10.9. The SMILES string of the molecule is CC.CNC(=O)COCCCCCN1CCN(C)CC1. The third-order valence-corrected chi connectivity index (χ3v) is 3.37. The second-order valence-electron chi connectivity index (χ2n) is 4.93. The topological polar surface area (TPSA) is 44.8 Å². The van der Waals surface area contributed by atoms with Crippen molar-refractivity contribution in [3.63, 3.8) is 0 Å². The molecule has 0 spiro atoms. The molecule has 0 saturated carbocycles. The lowest BCUT2D eigenvalue weighted by atomic mass is 10.2. The van der Waals surface area contributed by atoms with Crippen molar-refractivity contribution < 1.29 is 9.53 Å². The summed E-state index contributed by atoms with van der Waals surface area (Å²) in [5, 5.41) is 2.54. The van der Waals surface area contributed by atoms with E-state index in [0.29, 0.717) is 6.61 Å².